The van der Waals surface area contributed by atoms with E-state index in [4.69, 9.17) is 4.74 Å². The minimum atomic E-state index is -0.130. The van der Waals surface area contributed by atoms with E-state index in [2.05, 4.69) is 87.6 Å². The van der Waals surface area contributed by atoms with Gasteiger partial charge in [-0.2, -0.15) is 0 Å². The zero-order valence-corrected chi connectivity index (χ0v) is 19.7. The fourth-order valence-corrected chi connectivity index (χ4v) is 5.05. The van der Waals surface area contributed by atoms with Gasteiger partial charge in [0, 0.05) is 25.0 Å². The number of hydrogen-bond acceptors (Lipinski definition) is 2. The summed E-state index contributed by atoms with van der Waals surface area (Å²) >= 11 is 0. The maximum Gasteiger partial charge on any atom is 0.220 e. The van der Waals surface area contributed by atoms with Crippen molar-refractivity contribution in [1.29, 1.82) is 0 Å². The molecule has 3 nitrogen and oxygen atoms in total. The van der Waals surface area contributed by atoms with Gasteiger partial charge in [-0.3, -0.25) is 4.79 Å². The van der Waals surface area contributed by atoms with E-state index >= 15 is 0 Å². The molecule has 1 fully saturated rings. The number of benzene rings is 2. The minimum absolute atomic E-state index is 0.0716. The number of hydrogen-bond donors (Lipinski definition) is 1. The predicted molar refractivity (Wildman–Crippen MR) is 128 cm³/mol. The van der Waals surface area contributed by atoms with Gasteiger partial charge in [-0.1, -0.05) is 74.5 Å². The summed E-state index contributed by atoms with van der Waals surface area (Å²) in [6, 6.07) is 21.2. The van der Waals surface area contributed by atoms with Crippen LogP contribution in [-0.4, -0.2) is 24.7 Å². The highest BCUT2D eigenvalue weighted by Gasteiger charge is 2.34. The normalized spacial score (nSPS) is 21.1. The molecule has 1 aliphatic heterocycles. The number of carbonyl (C=O) groups is 1. The molecule has 3 unspecified atom stereocenters. The first-order valence-electron chi connectivity index (χ1n) is 11.8. The molecule has 2 aromatic rings. The molecule has 3 heteroatoms. The van der Waals surface area contributed by atoms with Gasteiger partial charge in [0.2, 0.25) is 5.91 Å². The van der Waals surface area contributed by atoms with Crippen LogP contribution in [0.15, 0.2) is 60.7 Å². The van der Waals surface area contributed by atoms with Crippen molar-refractivity contribution in [3.05, 3.63) is 71.8 Å². The van der Waals surface area contributed by atoms with Crippen molar-refractivity contribution < 1.29 is 9.53 Å². The quantitative estimate of drug-likeness (QED) is 0.520. The van der Waals surface area contributed by atoms with Crippen LogP contribution in [0.5, 0.6) is 0 Å². The molecule has 0 aromatic heterocycles. The van der Waals surface area contributed by atoms with E-state index in [1.165, 1.54) is 11.1 Å². The van der Waals surface area contributed by atoms with Gasteiger partial charge in [0.1, 0.15) is 0 Å². The van der Waals surface area contributed by atoms with Crippen LogP contribution < -0.4 is 5.32 Å². The lowest BCUT2D eigenvalue weighted by atomic mass is 9.75. The highest BCUT2D eigenvalue weighted by Crippen LogP contribution is 2.39. The molecule has 2 aromatic carbocycles. The highest BCUT2D eigenvalue weighted by atomic mass is 16.5. The van der Waals surface area contributed by atoms with Crippen molar-refractivity contribution in [2.24, 2.45) is 5.92 Å². The summed E-state index contributed by atoms with van der Waals surface area (Å²) < 4.78 is 5.96. The van der Waals surface area contributed by atoms with Crippen LogP contribution in [0.25, 0.3) is 0 Å². The highest BCUT2D eigenvalue weighted by molar-refractivity contribution is 5.77. The average molecular weight is 422 g/mol. The van der Waals surface area contributed by atoms with E-state index in [0.717, 1.165) is 32.3 Å². The summed E-state index contributed by atoms with van der Waals surface area (Å²) in [6.45, 7) is 10.3. The van der Waals surface area contributed by atoms with E-state index in [9.17, 15) is 4.79 Å². The van der Waals surface area contributed by atoms with Gasteiger partial charge in [-0.05, 0) is 62.5 Å². The Morgan fingerprint density at radius 1 is 1.13 bits per heavy atom. The van der Waals surface area contributed by atoms with Gasteiger partial charge < -0.3 is 10.1 Å². The first-order chi connectivity index (χ1) is 14.8. The molecule has 1 heterocycles. The SMILES string of the molecule is CCC(C)(CC(=O)NCCC(c1ccccc1)C1CCOC(C)(C)C1)c1ccccc1. The Morgan fingerprint density at radius 2 is 1.77 bits per heavy atom. The van der Waals surface area contributed by atoms with Crippen LogP contribution in [0.2, 0.25) is 0 Å². The second-order valence-electron chi connectivity index (χ2n) is 9.97. The third kappa shape index (κ3) is 6.43. The van der Waals surface area contributed by atoms with E-state index in [1.807, 2.05) is 6.07 Å². The molecule has 1 aliphatic rings. The van der Waals surface area contributed by atoms with Gasteiger partial charge in [0.05, 0.1) is 5.60 Å². The van der Waals surface area contributed by atoms with Crippen LogP contribution in [0.4, 0.5) is 0 Å². The first-order valence-corrected chi connectivity index (χ1v) is 11.8. The molecule has 0 bridgehead atoms. The van der Waals surface area contributed by atoms with Gasteiger partial charge >= 0.3 is 0 Å². The van der Waals surface area contributed by atoms with Gasteiger partial charge in [-0.25, -0.2) is 0 Å². The van der Waals surface area contributed by atoms with Crippen molar-refractivity contribution in [2.75, 3.05) is 13.2 Å². The van der Waals surface area contributed by atoms with Crippen LogP contribution in [-0.2, 0) is 14.9 Å². The predicted octanol–water partition coefficient (Wildman–Crippen LogP) is 6.24. The summed E-state index contributed by atoms with van der Waals surface area (Å²) in [6.07, 6.45) is 4.56. The Bertz CT molecular complexity index is 817. The van der Waals surface area contributed by atoms with Gasteiger partial charge in [0.25, 0.3) is 0 Å². The smallest absolute Gasteiger partial charge is 0.220 e. The minimum Gasteiger partial charge on any atom is -0.376 e. The fraction of sp³-hybridized carbons (Fsp3) is 0.536. The van der Waals surface area contributed by atoms with Crippen LogP contribution >= 0.6 is 0 Å². The molecule has 0 saturated carbocycles. The number of carbonyl (C=O) groups excluding carboxylic acids is 1. The Kier molecular flexibility index (Phi) is 7.94. The molecule has 0 aliphatic carbocycles. The van der Waals surface area contributed by atoms with E-state index in [1.54, 1.807) is 0 Å². The third-order valence-corrected chi connectivity index (χ3v) is 7.11. The topological polar surface area (TPSA) is 38.3 Å². The Labute approximate surface area is 188 Å². The monoisotopic (exact) mass is 421 g/mol. The summed E-state index contributed by atoms with van der Waals surface area (Å²) in [5.41, 5.74) is 2.41. The fourth-order valence-electron chi connectivity index (χ4n) is 5.05. The average Bonchev–Trinajstić information content (AvgIpc) is 2.77. The molecular formula is C28H39NO2. The van der Waals surface area contributed by atoms with Crippen molar-refractivity contribution in [3.63, 3.8) is 0 Å². The summed E-state index contributed by atoms with van der Waals surface area (Å²) in [4.78, 5) is 12.9. The van der Waals surface area contributed by atoms with Gasteiger partial charge in [0.15, 0.2) is 0 Å². The number of rotatable bonds is 9. The number of ether oxygens (including phenoxy) is 1. The zero-order chi connectivity index (χ0) is 22.3. The molecule has 0 radical (unpaired) electrons. The maximum absolute atomic E-state index is 12.9. The molecule has 31 heavy (non-hydrogen) atoms. The third-order valence-electron chi connectivity index (χ3n) is 7.11. The Morgan fingerprint density at radius 3 is 2.39 bits per heavy atom. The maximum atomic E-state index is 12.9. The van der Waals surface area contributed by atoms with Crippen molar-refractivity contribution in [3.8, 4) is 0 Å². The van der Waals surface area contributed by atoms with Crippen molar-refractivity contribution in [2.45, 2.75) is 76.7 Å². The molecule has 1 amide bonds. The van der Waals surface area contributed by atoms with Crippen LogP contribution in [0.3, 0.4) is 0 Å². The number of nitrogens with one attached hydrogen (secondary N) is 1. The Hall–Kier alpha value is -2.13. The molecule has 3 atom stereocenters. The molecule has 3 rings (SSSR count). The molecule has 1 N–H and O–H groups in total. The zero-order valence-electron chi connectivity index (χ0n) is 19.7. The van der Waals surface area contributed by atoms with E-state index in [-0.39, 0.29) is 16.9 Å². The van der Waals surface area contributed by atoms with Gasteiger partial charge in [-0.15, -0.1) is 0 Å². The summed E-state index contributed by atoms with van der Waals surface area (Å²) in [5.74, 6) is 1.16. The van der Waals surface area contributed by atoms with Crippen LogP contribution in [0.1, 0.15) is 76.8 Å². The Balaban J connectivity index is 1.62. The number of amides is 1. The first kappa shape index (κ1) is 23.5. The molecule has 1 saturated heterocycles. The second-order valence-corrected chi connectivity index (χ2v) is 9.97. The summed E-state index contributed by atoms with van der Waals surface area (Å²) in [7, 11) is 0. The summed E-state index contributed by atoms with van der Waals surface area (Å²) in [5, 5.41) is 3.23. The molecule has 168 valence electrons. The second kappa shape index (κ2) is 10.5. The van der Waals surface area contributed by atoms with Crippen molar-refractivity contribution in [1.82, 2.24) is 5.32 Å². The lowest BCUT2D eigenvalue weighted by Crippen LogP contribution is -2.37. The van der Waals surface area contributed by atoms with Crippen molar-refractivity contribution >= 4 is 5.91 Å². The molecule has 0 spiro atoms. The molecular weight excluding hydrogens is 382 g/mol. The van der Waals surface area contributed by atoms with Crippen LogP contribution in [0, 0.1) is 5.92 Å². The lowest BCUT2D eigenvalue weighted by molar-refractivity contribution is -0.122. The largest absolute Gasteiger partial charge is 0.376 e. The lowest BCUT2D eigenvalue weighted by Gasteiger charge is -2.39. The van der Waals surface area contributed by atoms with E-state index in [0.29, 0.717) is 24.8 Å². The standard InChI is InChI=1S/C28H39NO2/c1-5-28(4,24-14-10-7-11-15-24)21-26(30)29-18-16-25(22-12-8-6-9-13-22)23-17-19-31-27(2,3)20-23/h6-15,23,25H,5,16-21H2,1-4H3,(H,29,30). The van der Waals surface area contributed by atoms with E-state index < -0.39 is 0 Å².